The molecule has 0 aromatic heterocycles. The summed E-state index contributed by atoms with van der Waals surface area (Å²) in [6.45, 7) is 1.95. The molecule has 1 atom stereocenters. The van der Waals surface area contributed by atoms with Crippen molar-refractivity contribution >= 4 is 21.8 Å². The average Bonchev–Trinajstić information content (AvgIpc) is 2.81. The minimum absolute atomic E-state index is 0.503. The number of fused-ring (bicyclic) bond motifs is 1. The number of nitrogens with one attached hydrogen (secondary N) is 1. The molecule has 3 heteroatoms. The molecule has 0 radical (unpaired) electrons. The summed E-state index contributed by atoms with van der Waals surface area (Å²) in [5, 5.41) is 3.42. The Hall–Kier alpha value is -0.830. The fourth-order valence-corrected chi connectivity index (χ4v) is 3.08. The van der Waals surface area contributed by atoms with Gasteiger partial charge >= 0.3 is 0 Å². The first kappa shape index (κ1) is 10.3. The van der Waals surface area contributed by atoms with E-state index in [1.54, 1.807) is 0 Å². The second kappa shape index (κ2) is 4.21. The molecule has 0 fully saturated rings. The Morgan fingerprint density at radius 2 is 2.31 bits per heavy atom. The van der Waals surface area contributed by atoms with Crippen molar-refractivity contribution in [2.45, 2.75) is 25.2 Å². The number of aryl methyl sites for hydroxylation is 1. The van der Waals surface area contributed by atoms with E-state index in [9.17, 15) is 0 Å². The van der Waals surface area contributed by atoms with Gasteiger partial charge in [-0.05, 0) is 42.5 Å². The fraction of sp³-hybridized carbons (Fsp3) is 0.462. The van der Waals surface area contributed by atoms with Gasteiger partial charge in [0.15, 0.2) is 0 Å². The second-order valence-electron chi connectivity index (χ2n) is 4.48. The van der Waals surface area contributed by atoms with Gasteiger partial charge < -0.3 is 5.32 Å². The van der Waals surface area contributed by atoms with E-state index in [0.717, 1.165) is 13.1 Å². The van der Waals surface area contributed by atoms with Crippen LogP contribution in [0.25, 0.3) is 0 Å². The molecular weight excluding hydrogens is 264 g/mol. The quantitative estimate of drug-likeness (QED) is 0.840. The summed E-state index contributed by atoms with van der Waals surface area (Å²) in [6.07, 6.45) is 3.72. The first-order valence-corrected chi connectivity index (χ1v) is 6.70. The van der Waals surface area contributed by atoms with Crippen molar-refractivity contribution in [1.29, 1.82) is 0 Å². The van der Waals surface area contributed by atoms with Crippen LogP contribution in [0.3, 0.4) is 0 Å². The number of benzene rings is 1. The van der Waals surface area contributed by atoms with Gasteiger partial charge in [-0.1, -0.05) is 22.0 Å². The van der Waals surface area contributed by atoms with Gasteiger partial charge in [0.2, 0.25) is 0 Å². The first-order chi connectivity index (χ1) is 7.84. The third-order valence-corrected chi connectivity index (χ3v) is 3.95. The van der Waals surface area contributed by atoms with Crippen molar-refractivity contribution in [2.24, 2.45) is 4.99 Å². The Labute approximate surface area is 104 Å². The van der Waals surface area contributed by atoms with E-state index >= 15 is 0 Å². The summed E-state index contributed by atoms with van der Waals surface area (Å²) in [4.78, 5) is 4.58. The molecule has 0 amide bonds. The third-order valence-electron chi connectivity index (χ3n) is 3.45. The number of amidine groups is 1. The maximum Gasteiger partial charge on any atom is 0.104 e. The molecule has 1 aromatic carbocycles. The fourth-order valence-electron chi connectivity index (χ4n) is 2.70. The van der Waals surface area contributed by atoms with E-state index in [0.29, 0.717) is 5.92 Å². The first-order valence-electron chi connectivity index (χ1n) is 5.91. The van der Waals surface area contributed by atoms with Crippen LogP contribution in [0, 0.1) is 0 Å². The molecular formula is C13H15BrN2. The molecule has 1 unspecified atom stereocenters. The topological polar surface area (TPSA) is 24.4 Å². The zero-order valence-electron chi connectivity index (χ0n) is 9.17. The number of hydrogen-bond acceptors (Lipinski definition) is 2. The Balaban J connectivity index is 2.01. The van der Waals surface area contributed by atoms with E-state index in [4.69, 9.17) is 0 Å². The van der Waals surface area contributed by atoms with Crippen LogP contribution >= 0.6 is 15.9 Å². The van der Waals surface area contributed by atoms with E-state index in [1.807, 2.05) is 0 Å². The highest BCUT2D eigenvalue weighted by Crippen LogP contribution is 2.34. The van der Waals surface area contributed by atoms with Crippen LogP contribution in [0.1, 0.15) is 29.9 Å². The minimum atomic E-state index is 0.503. The lowest BCUT2D eigenvalue weighted by atomic mass is 9.82. The van der Waals surface area contributed by atoms with Crippen LogP contribution in [0.15, 0.2) is 27.7 Å². The SMILES string of the molecule is Brc1ccc2c(c1)C(C1=NCCN1)CCC2. The molecule has 84 valence electrons. The van der Waals surface area contributed by atoms with E-state index in [2.05, 4.69) is 44.4 Å². The highest BCUT2D eigenvalue weighted by Gasteiger charge is 2.26. The molecule has 3 rings (SSSR count). The molecule has 16 heavy (non-hydrogen) atoms. The lowest BCUT2D eigenvalue weighted by Gasteiger charge is -2.26. The number of nitrogens with zero attached hydrogens (tertiary/aromatic N) is 1. The molecule has 1 aromatic rings. The summed E-state index contributed by atoms with van der Waals surface area (Å²) < 4.78 is 1.18. The van der Waals surface area contributed by atoms with Crippen molar-refractivity contribution in [2.75, 3.05) is 13.1 Å². The average molecular weight is 279 g/mol. The molecule has 2 aliphatic rings. The summed E-state index contributed by atoms with van der Waals surface area (Å²) in [5.74, 6) is 1.71. The highest BCUT2D eigenvalue weighted by atomic mass is 79.9. The predicted octanol–water partition coefficient (Wildman–Crippen LogP) is 2.87. The van der Waals surface area contributed by atoms with Gasteiger partial charge in [0.25, 0.3) is 0 Å². The summed E-state index contributed by atoms with van der Waals surface area (Å²) in [5.41, 5.74) is 2.96. The van der Waals surface area contributed by atoms with Crippen molar-refractivity contribution in [3.8, 4) is 0 Å². The molecule has 1 aliphatic carbocycles. The zero-order chi connectivity index (χ0) is 11.0. The van der Waals surface area contributed by atoms with Crippen LogP contribution in [0.4, 0.5) is 0 Å². The third kappa shape index (κ3) is 1.77. The molecule has 0 saturated heterocycles. The highest BCUT2D eigenvalue weighted by molar-refractivity contribution is 9.10. The van der Waals surface area contributed by atoms with Crippen LogP contribution < -0.4 is 5.32 Å². The van der Waals surface area contributed by atoms with Gasteiger partial charge in [0, 0.05) is 16.9 Å². The van der Waals surface area contributed by atoms with Crippen molar-refractivity contribution < 1.29 is 0 Å². The molecule has 0 saturated carbocycles. The number of hydrogen-bond donors (Lipinski definition) is 1. The van der Waals surface area contributed by atoms with Gasteiger partial charge in [-0.3, -0.25) is 4.99 Å². The smallest absolute Gasteiger partial charge is 0.104 e. The molecule has 0 spiro atoms. The van der Waals surface area contributed by atoms with Gasteiger partial charge in [-0.25, -0.2) is 0 Å². The molecule has 1 aliphatic heterocycles. The van der Waals surface area contributed by atoms with Gasteiger partial charge in [-0.2, -0.15) is 0 Å². The minimum Gasteiger partial charge on any atom is -0.371 e. The maximum absolute atomic E-state index is 4.58. The largest absolute Gasteiger partial charge is 0.371 e. The Bertz CT molecular complexity index is 440. The predicted molar refractivity (Wildman–Crippen MR) is 70.1 cm³/mol. The number of halogens is 1. The molecule has 1 N–H and O–H groups in total. The second-order valence-corrected chi connectivity index (χ2v) is 5.40. The monoisotopic (exact) mass is 278 g/mol. The Morgan fingerprint density at radius 1 is 1.38 bits per heavy atom. The zero-order valence-corrected chi connectivity index (χ0v) is 10.8. The molecule has 1 heterocycles. The molecule has 2 nitrogen and oxygen atoms in total. The van der Waals surface area contributed by atoms with Gasteiger partial charge in [-0.15, -0.1) is 0 Å². The van der Waals surface area contributed by atoms with E-state index in [-0.39, 0.29) is 0 Å². The summed E-state index contributed by atoms with van der Waals surface area (Å²) >= 11 is 3.57. The maximum atomic E-state index is 4.58. The van der Waals surface area contributed by atoms with Crippen molar-refractivity contribution in [3.63, 3.8) is 0 Å². The van der Waals surface area contributed by atoms with Gasteiger partial charge in [0.1, 0.15) is 5.84 Å². The van der Waals surface area contributed by atoms with E-state index < -0.39 is 0 Å². The normalized spacial score (nSPS) is 23.6. The molecule has 0 bridgehead atoms. The van der Waals surface area contributed by atoms with Crippen LogP contribution in [0.5, 0.6) is 0 Å². The lowest BCUT2D eigenvalue weighted by Crippen LogP contribution is -2.28. The van der Waals surface area contributed by atoms with Crippen LogP contribution in [-0.4, -0.2) is 18.9 Å². The van der Waals surface area contributed by atoms with Crippen molar-refractivity contribution in [3.05, 3.63) is 33.8 Å². The summed E-state index contributed by atoms with van der Waals surface area (Å²) in [7, 11) is 0. The number of aliphatic imine (C=N–C) groups is 1. The summed E-state index contributed by atoms with van der Waals surface area (Å²) in [6, 6.07) is 6.66. The van der Waals surface area contributed by atoms with Crippen LogP contribution in [-0.2, 0) is 6.42 Å². The Kier molecular flexibility index (Phi) is 2.72. The van der Waals surface area contributed by atoms with E-state index in [1.165, 1.54) is 40.7 Å². The Morgan fingerprint density at radius 3 is 3.12 bits per heavy atom. The van der Waals surface area contributed by atoms with Gasteiger partial charge in [0.05, 0.1) is 6.54 Å². The van der Waals surface area contributed by atoms with Crippen LogP contribution in [0.2, 0.25) is 0 Å². The standard InChI is InChI=1S/C13H15BrN2/c14-10-5-4-9-2-1-3-11(12(9)8-10)13-15-6-7-16-13/h4-5,8,11H,1-3,6-7H2,(H,15,16). The lowest BCUT2D eigenvalue weighted by molar-refractivity contribution is 0.641. The van der Waals surface area contributed by atoms with Crippen molar-refractivity contribution in [1.82, 2.24) is 5.32 Å². The number of rotatable bonds is 1.